The Morgan fingerprint density at radius 2 is 2.00 bits per heavy atom. The Balaban J connectivity index is 1.62. The summed E-state index contributed by atoms with van der Waals surface area (Å²) in [6.07, 6.45) is 1.81. The predicted molar refractivity (Wildman–Crippen MR) is 102 cm³/mol. The van der Waals surface area contributed by atoms with Crippen molar-refractivity contribution in [1.29, 1.82) is 0 Å². The lowest BCUT2D eigenvalue weighted by atomic mass is 10.1. The molecule has 0 bridgehead atoms. The van der Waals surface area contributed by atoms with Crippen molar-refractivity contribution in [2.45, 2.75) is 20.3 Å². The van der Waals surface area contributed by atoms with Gasteiger partial charge in [-0.3, -0.25) is 4.79 Å². The first-order valence-corrected chi connectivity index (χ1v) is 8.70. The zero-order valence-electron chi connectivity index (χ0n) is 15.3. The highest BCUT2D eigenvalue weighted by molar-refractivity contribution is 5.95. The van der Waals surface area contributed by atoms with Gasteiger partial charge in [0.05, 0.1) is 19.3 Å². The van der Waals surface area contributed by atoms with E-state index in [1.807, 2.05) is 25.1 Å². The molecular formula is C21H21NO5. The quantitative estimate of drug-likeness (QED) is 0.642. The van der Waals surface area contributed by atoms with Gasteiger partial charge in [0.25, 0.3) is 0 Å². The molecule has 0 aliphatic rings. The molecule has 0 aliphatic heterocycles. The second kappa shape index (κ2) is 8.40. The average Bonchev–Trinajstić information content (AvgIpc) is 3.02. The molecule has 3 aromatic rings. The van der Waals surface area contributed by atoms with Crippen molar-refractivity contribution in [3.05, 3.63) is 59.9 Å². The fourth-order valence-corrected chi connectivity index (χ4v) is 2.71. The molecule has 3 rings (SSSR count). The SMILES string of the molecule is CCOC(=O)COc1cccc(NC(=O)Cc2coc3cc(C)ccc23)c1. The molecule has 0 radical (unpaired) electrons. The van der Waals surface area contributed by atoms with Gasteiger partial charge >= 0.3 is 5.97 Å². The van der Waals surface area contributed by atoms with Crippen molar-refractivity contribution in [2.24, 2.45) is 0 Å². The molecule has 1 amide bonds. The summed E-state index contributed by atoms with van der Waals surface area (Å²) in [6.45, 7) is 3.86. The lowest BCUT2D eigenvalue weighted by molar-refractivity contribution is -0.145. The predicted octanol–water partition coefficient (Wildman–Crippen LogP) is 3.86. The van der Waals surface area contributed by atoms with Gasteiger partial charge in [-0.2, -0.15) is 0 Å². The van der Waals surface area contributed by atoms with Crippen molar-refractivity contribution in [3.63, 3.8) is 0 Å². The van der Waals surface area contributed by atoms with Crippen molar-refractivity contribution < 1.29 is 23.5 Å². The Kier molecular flexibility index (Phi) is 5.76. The van der Waals surface area contributed by atoms with Gasteiger partial charge in [0.2, 0.25) is 5.91 Å². The number of carbonyl (C=O) groups is 2. The maximum absolute atomic E-state index is 12.4. The van der Waals surface area contributed by atoms with Gasteiger partial charge in [-0.1, -0.05) is 18.2 Å². The number of ether oxygens (including phenoxy) is 2. The minimum Gasteiger partial charge on any atom is -0.482 e. The van der Waals surface area contributed by atoms with E-state index in [0.717, 1.165) is 22.1 Å². The lowest BCUT2D eigenvalue weighted by Gasteiger charge is -2.09. The third-order valence-corrected chi connectivity index (χ3v) is 3.94. The number of esters is 1. The van der Waals surface area contributed by atoms with Crippen LogP contribution in [0.25, 0.3) is 11.0 Å². The number of nitrogens with one attached hydrogen (secondary N) is 1. The molecule has 0 saturated carbocycles. The topological polar surface area (TPSA) is 77.8 Å². The van der Waals surface area contributed by atoms with Gasteiger partial charge in [0, 0.05) is 22.7 Å². The Labute approximate surface area is 157 Å². The third kappa shape index (κ3) is 4.88. The smallest absolute Gasteiger partial charge is 0.344 e. The molecule has 6 nitrogen and oxygen atoms in total. The fourth-order valence-electron chi connectivity index (χ4n) is 2.71. The molecule has 1 N–H and O–H groups in total. The van der Waals surface area contributed by atoms with Gasteiger partial charge in [-0.25, -0.2) is 4.79 Å². The van der Waals surface area contributed by atoms with E-state index in [0.29, 0.717) is 18.0 Å². The molecule has 0 saturated heterocycles. The van der Waals surface area contributed by atoms with Crippen molar-refractivity contribution in [2.75, 3.05) is 18.5 Å². The summed E-state index contributed by atoms with van der Waals surface area (Å²) < 4.78 is 15.7. The van der Waals surface area contributed by atoms with E-state index >= 15 is 0 Å². The van der Waals surface area contributed by atoms with Crippen LogP contribution in [0.5, 0.6) is 5.75 Å². The molecule has 0 spiro atoms. The van der Waals surface area contributed by atoms with E-state index < -0.39 is 5.97 Å². The van der Waals surface area contributed by atoms with Crippen LogP contribution in [0.3, 0.4) is 0 Å². The maximum Gasteiger partial charge on any atom is 0.344 e. The first-order valence-electron chi connectivity index (χ1n) is 8.70. The highest BCUT2D eigenvalue weighted by Crippen LogP contribution is 2.23. The number of benzene rings is 2. The summed E-state index contributed by atoms with van der Waals surface area (Å²) in [5.74, 6) is -0.125. The van der Waals surface area contributed by atoms with Crippen LogP contribution in [0, 0.1) is 6.92 Å². The Hall–Kier alpha value is -3.28. The molecule has 0 unspecified atom stereocenters. The van der Waals surface area contributed by atoms with Gasteiger partial charge in [0.1, 0.15) is 11.3 Å². The summed E-state index contributed by atoms with van der Waals surface area (Å²) in [4.78, 5) is 23.7. The standard InChI is InChI=1S/C21H21NO5/c1-3-25-21(24)13-26-17-6-4-5-16(11-17)22-20(23)10-15-12-27-19-9-14(2)7-8-18(15)19/h4-9,11-12H,3,10,13H2,1-2H3,(H,22,23). The number of rotatable bonds is 7. The number of furan rings is 1. The summed E-state index contributed by atoms with van der Waals surface area (Å²) in [5, 5.41) is 3.77. The zero-order chi connectivity index (χ0) is 19.2. The number of hydrogen-bond donors (Lipinski definition) is 1. The van der Waals surface area contributed by atoms with Crippen LogP contribution in [-0.2, 0) is 20.7 Å². The molecule has 0 fully saturated rings. The maximum atomic E-state index is 12.4. The molecule has 1 aromatic heterocycles. The molecule has 1 heterocycles. The van der Waals surface area contributed by atoms with Crippen molar-refractivity contribution >= 4 is 28.5 Å². The van der Waals surface area contributed by atoms with Crippen LogP contribution >= 0.6 is 0 Å². The van der Waals surface area contributed by atoms with E-state index in [9.17, 15) is 9.59 Å². The van der Waals surface area contributed by atoms with E-state index in [4.69, 9.17) is 13.9 Å². The molecule has 6 heteroatoms. The van der Waals surface area contributed by atoms with Crippen molar-refractivity contribution in [3.8, 4) is 5.75 Å². The van der Waals surface area contributed by atoms with Gasteiger partial charge in [0.15, 0.2) is 6.61 Å². The Morgan fingerprint density at radius 1 is 1.15 bits per heavy atom. The van der Waals surface area contributed by atoms with Gasteiger partial charge in [-0.05, 0) is 37.6 Å². The Bertz CT molecular complexity index is 960. The highest BCUT2D eigenvalue weighted by atomic mass is 16.6. The summed E-state index contributed by atoms with van der Waals surface area (Å²) in [5.41, 5.74) is 3.29. The minimum atomic E-state index is -0.436. The monoisotopic (exact) mass is 367 g/mol. The summed E-state index contributed by atoms with van der Waals surface area (Å²) in [6, 6.07) is 12.8. The first-order chi connectivity index (χ1) is 13.0. The Morgan fingerprint density at radius 3 is 2.81 bits per heavy atom. The first kappa shape index (κ1) is 18.5. The zero-order valence-corrected chi connectivity index (χ0v) is 15.3. The molecule has 27 heavy (non-hydrogen) atoms. The fraction of sp³-hybridized carbons (Fsp3) is 0.238. The number of anilines is 1. The third-order valence-electron chi connectivity index (χ3n) is 3.94. The molecular weight excluding hydrogens is 346 g/mol. The molecule has 2 aromatic carbocycles. The number of hydrogen-bond acceptors (Lipinski definition) is 5. The number of carbonyl (C=O) groups excluding carboxylic acids is 2. The molecule has 140 valence electrons. The highest BCUT2D eigenvalue weighted by Gasteiger charge is 2.11. The lowest BCUT2D eigenvalue weighted by Crippen LogP contribution is -2.15. The van der Waals surface area contributed by atoms with Crippen molar-refractivity contribution in [1.82, 2.24) is 0 Å². The van der Waals surface area contributed by atoms with Gasteiger partial charge in [-0.15, -0.1) is 0 Å². The number of amides is 1. The summed E-state index contributed by atoms with van der Waals surface area (Å²) >= 11 is 0. The average molecular weight is 367 g/mol. The normalized spacial score (nSPS) is 10.6. The van der Waals surface area contributed by atoms with Crippen LogP contribution in [0.2, 0.25) is 0 Å². The second-order valence-corrected chi connectivity index (χ2v) is 6.11. The number of fused-ring (bicyclic) bond motifs is 1. The van der Waals surface area contributed by atoms with Crippen LogP contribution in [0.4, 0.5) is 5.69 Å². The van der Waals surface area contributed by atoms with E-state index in [-0.39, 0.29) is 18.9 Å². The largest absolute Gasteiger partial charge is 0.482 e. The van der Waals surface area contributed by atoms with E-state index in [1.165, 1.54) is 0 Å². The van der Waals surface area contributed by atoms with Crippen LogP contribution in [-0.4, -0.2) is 25.1 Å². The van der Waals surface area contributed by atoms with Crippen LogP contribution in [0.15, 0.2) is 53.1 Å². The second-order valence-electron chi connectivity index (χ2n) is 6.11. The minimum absolute atomic E-state index is 0.166. The number of aryl methyl sites for hydroxylation is 1. The van der Waals surface area contributed by atoms with Crippen LogP contribution < -0.4 is 10.1 Å². The van der Waals surface area contributed by atoms with Gasteiger partial charge < -0.3 is 19.2 Å². The molecule has 0 atom stereocenters. The summed E-state index contributed by atoms with van der Waals surface area (Å²) in [7, 11) is 0. The van der Waals surface area contributed by atoms with E-state index in [1.54, 1.807) is 37.5 Å². The molecule has 0 aliphatic carbocycles. The van der Waals surface area contributed by atoms with E-state index in [2.05, 4.69) is 5.32 Å². The van der Waals surface area contributed by atoms with Crippen LogP contribution in [0.1, 0.15) is 18.1 Å².